The van der Waals surface area contributed by atoms with Crippen LogP contribution in [0.3, 0.4) is 0 Å². The van der Waals surface area contributed by atoms with Gasteiger partial charge in [-0.25, -0.2) is 4.39 Å². The molecular weight excluding hydrogens is 276 g/mol. The molecule has 0 unspecified atom stereocenters. The third kappa shape index (κ3) is 3.00. The lowest BCUT2D eigenvalue weighted by atomic mass is 10.2. The van der Waals surface area contributed by atoms with Gasteiger partial charge < -0.3 is 5.11 Å². The van der Waals surface area contributed by atoms with Crippen molar-refractivity contribution >= 4 is 35.1 Å². The molecule has 0 atom stereocenters. The van der Waals surface area contributed by atoms with Crippen LogP contribution in [0.25, 0.3) is 0 Å². The Bertz CT molecular complexity index is 614. The molecule has 2 rings (SSSR count). The summed E-state index contributed by atoms with van der Waals surface area (Å²) < 4.78 is 13.4. The summed E-state index contributed by atoms with van der Waals surface area (Å²) in [7, 11) is 0. The molecule has 0 saturated carbocycles. The van der Waals surface area contributed by atoms with Gasteiger partial charge in [-0.3, -0.25) is 4.99 Å². The maximum absolute atomic E-state index is 13.4. The summed E-state index contributed by atoms with van der Waals surface area (Å²) in [5.41, 5.74) is 0.552. The molecule has 92 valence electrons. The first-order valence-electron chi connectivity index (χ1n) is 5.04. The van der Waals surface area contributed by atoms with Gasteiger partial charge in [-0.1, -0.05) is 23.2 Å². The topological polar surface area (TPSA) is 32.6 Å². The number of benzene rings is 2. The Hall–Kier alpha value is -1.58. The van der Waals surface area contributed by atoms with E-state index in [1.165, 1.54) is 36.5 Å². The Kier molecular flexibility index (Phi) is 3.84. The number of rotatable bonds is 2. The maximum atomic E-state index is 13.4. The minimum Gasteiger partial charge on any atom is -0.507 e. The van der Waals surface area contributed by atoms with E-state index < -0.39 is 5.82 Å². The summed E-state index contributed by atoms with van der Waals surface area (Å²) >= 11 is 11.4. The van der Waals surface area contributed by atoms with E-state index in [1.54, 1.807) is 6.07 Å². The Labute approximate surface area is 113 Å². The molecule has 18 heavy (non-hydrogen) atoms. The van der Waals surface area contributed by atoms with Gasteiger partial charge in [-0.05, 0) is 36.4 Å². The third-order valence-corrected chi connectivity index (χ3v) is 2.71. The van der Waals surface area contributed by atoms with Crippen LogP contribution >= 0.6 is 23.2 Å². The Balaban J connectivity index is 2.32. The van der Waals surface area contributed by atoms with Crippen LogP contribution in [-0.2, 0) is 0 Å². The van der Waals surface area contributed by atoms with Gasteiger partial charge >= 0.3 is 0 Å². The van der Waals surface area contributed by atoms with Crippen molar-refractivity contribution in [1.82, 2.24) is 0 Å². The lowest BCUT2D eigenvalue weighted by molar-refractivity contribution is 0.474. The van der Waals surface area contributed by atoms with Crippen LogP contribution in [0.4, 0.5) is 10.1 Å². The van der Waals surface area contributed by atoms with E-state index in [0.717, 1.165) is 0 Å². The second-order valence-corrected chi connectivity index (χ2v) is 4.43. The van der Waals surface area contributed by atoms with Gasteiger partial charge in [0.25, 0.3) is 0 Å². The fourth-order valence-corrected chi connectivity index (χ4v) is 1.69. The quantitative estimate of drug-likeness (QED) is 0.804. The molecule has 2 aromatic carbocycles. The molecule has 2 aromatic rings. The van der Waals surface area contributed by atoms with Gasteiger partial charge in [0.05, 0.1) is 5.69 Å². The first-order valence-corrected chi connectivity index (χ1v) is 5.79. The van der Waals surface area contributed by atoms with Crippen molar-refractivity contribution in [2.24, 2.45) is 4.99 Å². The summed E-state index contributed by atoms with van der Waals surface area (Å²) in [5, 5.41) is 10.3. The maximum Gasteiger partial charge on any atom is 0.150 e. The number of aromatic hydroxyl groups is 1. The highest BCUT2D eigenvalue weighted by molar-refractivity contribution is 6.31. The molecule has 0 aliphatic heterocycles. The van der Waals surface area contributed by atoms with Crippen molar-refractivity contribution in [2.75, 3.05) is 0 Å². The Morgan fingerprint density at radius 2 is 1.72 bits per heavy atom. The van der Waals surface area contributed by atoms with Crippen molar-refractivity contribution in [1.29, 1.82) is 0 Å². The van der Waals surface area contributed by atoms with Gasteiger partial charge in [-0.2, -0.15) is 0 Å². The SMILES string of the molecule is Oc1ccc(Cl)cc1C=Nc1ccc(Cl)cc1F. The smallest absolute Gasteiger partial charge is 0.150 e. The molecule has 2 nitrogen and oxygen atoms in total. The van der Waals surface area contributed by atoms with Crippen LogP contribution in [0.5, 0.6) is 5.75 Å². The highest BCUT2D eigenvalue weighted by atomic mass is 35.5. The minimum absolute atomic E-state index is 0.0255. The highest BCUT2D eigenvalue weighted by Gasteiger charge is 2.02. The lowest BCUT2D eigenvalue weighted by Crippen LogP contribution is -1.83. The second kappa shape index (κ2) is 5.38. The monoisotopic (exact) mass is 283 g/mol. The Morgan fingerprint density at radius 3 is 2.44 bits per heavy atom. The molecule has 0 aliphatic carbocycles. The summed E-state index contributed by atoms with van der Waals surface area (Å²) in [6.07, 6.45) is 1.34. The normalized spacial score (nSPS) is 11.1. The van der Waals surface area contributed by atoms with Crippen LogP contribution in [0.15, 0.2) is 41.4 Å². The fourth-order valence-electron chi connectivity index (χ4n) is 1.35. The van der Waals surface area contributed by atoms with Gasteiger partial charge in [0.15, 0.2) is 0 Å². The van der Waals surface area contributed by atoms with Crippen molar-refractivity contribution in [3.8, 4) is 5.75 Å². The van der Waals surface area contributed by atoms with E-state index in [0.29, 0.717) is 15.6 Å². The van der Waals surface area contributed by atoms with Crippen molar-refractivity contribution in [3.05, 3.63) is 57.8 Å². The van der Waals surface area contributed by atoms with E-state index >= 15 is 0 Å². The number of phenolic OH excluding ortho intramolecular Hbond substituents is 1. The lowest BCUT2D eigenvalue weighted by Gasteiger charge is -2.00. The minimum atomic E-state index is -0.528. The van der Waals surface area contributed by atoms with E-state index in [-0.39, 0.29) is 11.4 Å². The molecule has 5 heteroatoms. The van der Waals surface area contributed by atoms with Gasteiger partial charge in [0, 0.05) is 21.8 Å². The van der Waals surface area contributed by atoms with Crippen molar-refractivity contribution in [3.63, 3.8) is 0 Å². The predicted molar refractivity (Wildman–Crippen MR) is 71.8 cm³/mol. The van der Waals surface area contributed by atoms with Crippen molar-refractivity contribution < 1.29 is 9.50 Å². The zero-order valence-electron chi connectivity index (χ0n) is 9.07. The van der Waals surface area contributed by atoms with E-state index in [9.17, 15) is 9.50 Å². The molecule has 0 aliphatic rings. The summed E-state index contributed by atoms with van der Waals surface area (Å²) in [5.74, 6) is -0.502. The standard InChI is InChI=1S/C13H8Cl2FNO/c14-9-2-4-13(18)8(5-9)7-17-12-3-1-10(15)6-11(12)16/h1-7,18H. The average molecular weight is 284 g/mol. The molecule has 1 N–H and O–H groups in total. The van der Waals surface area contributed by atoms with Crippen molar-refractivity contribution in [2.45, 2.75) is 0 Å². The number of hydrogen-bond donors (Lipinski definition) is 1. The summed E-state index contributed by atoms with van der Waals surface area (Å²) in [6, 6.07) is 8.70. The second-order valence-electron chi connectivity index (χ2n) is 3.56. The first kappa shape index (κ1) is 12.9. The third-order valence-electron chi connectivity index (χ3n) is 2.24. The molecule has 0 bridgehead atoms. The van der Waals surface area contributed by atoms with E-state index in [4.69, 9.17) is 23.2 Å². The zero-order chi connectivity index (χ0) is 13.1. The molecular formula is C13H8Cl2FNO. The van der Waals surface area contributed by atoms with Crippen LogP contribution in [0.1, 0.15) is 5.56 Å². The van der Waals surface area contributed by atoms with Gasteiger partial charge in [0.2, 0.25) is 0 Å². The zero-order valence-corrected chi connectivity index (χ0v) is 10.6. The molecule has 0 heterocycles. The Morgan fingerprint density at radius 1 is 1.06 bits per heavy atom. The fraction of sp³-hybridized carbons (Fsp3) is 0. The first-order chi connectivity index (χ1) is 8.56. The largest absolute Gasteiger partial charge is 0.507 e. The highest BCUT2D eigenvalue weighted by Crippen LogP contribution is 2.23. The molecule has 0 fully saturated rings. The van der Waals surface area contributed by atoms with E-state index in [1.807, 2.05) is 0 Å². The molecule has 0 aromatic heterocycles. The molecule has 0 spiro atoms. The number of hydrogen-bond acceptors (Lipinski definition) is 2. The number of phenols is 1. The van der Waals surface area contributed by atoms with Crippen LogP contribution in [0, 0.1) is 5.82 Å². The number of halogens is 3. The number of aliphatic imine (C=N–C) groups is 1. The average Bonchev–Trinajstić information content (AvgIpc) is 2.32. The number of nitrogens with zero attached hydrogens (tertiary/aromatic N) is 1. The van der Waals surface area contributed by atoms with E-state index in [2.05, 4.69) is 4.99 Å². The van der Waals surface area contributed by atoms with Crippen LogP contribution in [-0.4, -0.2) is 11.3 Å². The molecule has 0 amide bonds. The molecule has 0 radical (unpaired) electrons. The van der Waals surface area contributed by atoms with Crippen LogP contribution < -0.4 is 0 Å². The van der Waals surface area contributed by atoms with Gasteiger partial charge in [0.1, 0.15) is 11.6 Å². The van der Waals surface area contributed by atoms with Gasteiger partial charge in [-0.15, -0.1) is 0 Å². The molecule has 0 saturated heterocycles. The van der Waals surface area contributed by atoms with Crippen LogP contribution in [0.2, 0.25) is 10.0 Å². The summed E-state index contributed by atoms with van der Waals surface area (Å²) in [4.78, 5) is 3.94. The summed E-state index contributed by atoms with van der Waals surface area (Å²) in [6.45, 7) is 0. The predicted octanol–water partition coefficient (Wildman–Crippen LogP) is 4.59.